The van der Waals surface area contributed by atoms with Crippen LogP contribution < -0.4 is 11.1 Å². The summed E-state index contributed by atoms with van der Waals surface area (Å²) >= 11 is 0. The second kappa shape index (κ2) is 6.34. The van der Waals surface area contributed by atoms with Crippen molar-refractivity contribution in [1.82, 2.24) is 9.88 Å². The highest BCUT2D eigenvalue weighted by atomic mass is 16.3. The van der Waals surface area contributed by atoms with Gasteiger partial charge in [0.05, 0.1) is 12.1 Å². The van der Waals surface area contributed by atoms with Crippen LogP contribution in [-0.4, -0.2) is 34.3 Å². The number of fused-ring (bicyclic) bond motifs is 1. The van der Waals surface area contributed by atoms with Crippen LogP contribution in [0.25, 0.3) is 10.9 Å². The molecular formula is C17H21N3O2. The molecule has 1 aromatic carbocycles. The number of nitrogens with zero attached hydrogens (tertiary/aromatic N) is 1. The minimum Gasteiger partial charge on any atom is -0.391 e. The zero-order valence-corrected chi connectivity index (χ0v) is 12.4. The highest BCUT2D eigenvalue weighted by Crippen LogP contribution is 2.21. The van der Waals surface area contributed by atoms with Gasteiger partial charge in [-0.15, -0.1) is 0 Å². The zero-order chi connectivity index (χ0) is 15.5. The maximum Gasteiger partial charge on any atom is 0.252 e. The first-order valence-electron chi connectivity index (χ1n) is 7.62. The lowest BCUT2D eigenvalue weighted by atomic mass is 9.98. The SMILES string of the molecule is NCCn1ccc2c(C(=O)NC3CC=CC[C@H]3O)cccc21. The van der Waals surface area contributed by atoms with Crippen molar-refractivity contribution in [3.8, 4) is 0 Å². The predicted octanol–water partition coefficient (Wildman–Crippen LogP) is 1.41. The zero-order valence-electron chi connectivity index (χ0n) is 12.4. The quantitative estimate of drug-likeness (QED) is 0.747. The van der Waals surface area contributed by atoms with Gasteiger partial charge < -0.3 is 20.7 Å². The summed E-state index contributed by atoms with van der Waals surface area (Å²) in [4.78, 5) is 12.6. The standard InChI is InChI=1S/C17H21N3O2/c18-9-11-20-10-8-12-13(4-3-6-15(12)20)17(22)19-14-5-1-2-7-16(14)21/h1-4,6,8,10,14,16,21H,5,7,9,11,18H2,(H,19,22)/t14?,16-/m1/s1. The molecule has 1 unspecified atom stereocenters. The molecule has 1 aliphatic carbocycles. The normalized spacial score (nSPS) is 21.2. The molecule has 1 amide bonds. The number of nitrogens with one attached hydrogen (secondary N) is 1. The lowest BCUT2D eigenvalue weighted by molar-refractivity contribution is 0.0830. The van der Waals surface area contributed by atoms with Crippen molar-refractivity contribution in [1.29, 1.82) is 0 Å². The molecular weight excluding hydrogens is 278 g/mol. The monoisotopic (exact) mass is 299 g/mol. The third-order valence-corrected chi connectivity index (χ3v) is 4.14. The number of carbonyl (C=O) groups excluding carboxylic acids is 1. The van der Waals surface area contributed by atoms with Gasteiger partial charge in [-0.1, -0.05) is 18.2 Å². The fraction of sp³-hybridized carbons (Fsp3) is 0.353. The van der Waals surface area contributed by atoms with Crippen molar-refractivity contribution in [2.45, 2.75) is 31.5 Å². The molecule has 1 aromatic heterocycles. The average Bonchev–Trinajstić information content (AvgIpc) is 2.93. The molecule has 0 fully saturated rings. The Bertz CT molecular complexity index is 705. The van der Waals surface area contributed by atoms with E-state index in [-0.39, 0.29) is 11.9 Å². The molecule has 0 saturated carbocycles. The first-order valence-corrected chi connectivity index (χ1v) is 7.62. The van der Waals surface area contributed by atoms with Gasteiger partial charge in [0.15, 0.2) is 0 Å². The number of carbonyl (C=O) groups is 1. The Labute approximate surface area is 129 Å². The molecule has 5 heteroatoms. The smallest absolute Gasteiger partial charge is 0.252 e. The van der Waals surface area contributed by atoms with Crippen LogP contribution >= 0.6 is 0 Å². The van der Waals surface area contributed by atoms with E-state index in [1.165, 1.54) is 0 Å². The largest absolute Gasteiger partial charge is 0.391 e. The lowest BCUT2D eigenvalue weighted by Crippen LogP contribution is -2.44. The fourth-order valence-corrected chi connectivity index (χ4v) is 2.96. The summed E-state index contributed by atoms with van der Waals surface area (Å²) in [7, 11) is 0. The minimum atomic E-state index is -0.519. The molecule has 2 aromatic rings. The maximum atomic E-state index is 12.6. The number of benzene rings is 1. The molecule has 0 bridgehead atoms. The third kappa shape index (κ3) is 2.77. The third-order valence-electron chi connectivity index (χ3n) is 4.14. The van der Waals surface area contributed by atoms with E-state index in [4.69, 9.17) is 5.73 Å². The van der Waals surface area contributed by atoms with Crippen LogP contribution in [0.2, 0.25) is 0 Å². The van der Waals surface area contributed by atoms with E-state index < -0.39 is 6.10 Å². The maximum absolute atomic E-state index is 12.6. The molecule has 116 valence electrons. The molecule has 2 atom stereocenters. The molecule has 0 aliphatic heterocycles. The molecule has 0 spiro atoms. The second-order valence-corrected chi connectivity index (χ2v) is 5.63. The molecule has 0 saturated heterocycles. The molecule has 0 radical (unpaired) electrons. The van der Waals surface area contributed by atoms with Crippen LogP contribution in [0.1, 0.15) is 23.2 Å². The summed E-state index contributed by atoms with van der Waals surface area (Å²) in [6.45, 7) is 1.28. The van der Waals surface area contributed by atoms with Gasteiger partial charge in [0.25, 0.3) is 5.91 Å². The van der Waals surface area contributed by atoms with Crippen LogP contribution in [0, 0.1) is 0 Å². The van der Waals surface area contributed by atoms with Crippen LogP contribution in [0.3, 0.4) is 0 Å². The molecule has 4 N–H and O–H groups in total. The Kier molecular flexibility index (Phi) is 4.27. The van der Waals surface area contributed by atoms with Crippen LogP contribution in [0.4, 0.5) is 0 Å². The van der Waals surface area contributed by atoms with E-state index in [0.717, 1.165) is 17.4 Å². The summed E-state index contributed by atoms with van der Waals surface area (Å²) in [6, 6.07) is 7.40. The highest BCUT2D eigenvalue weighted by molar-refractivity contribution is 6.06. The molecule has 3 rings (SSSR count). The molecule has 1 heterocycles. The topological polar surface area (TPSA) is 80.3 Å². The van der Waals surface area contributed by atoms with Crippen molar-refractivity contribution in [2.24, 2.45) is 5.73 Å². The number of nitrogens with two attached hydrogens (primary N) is 1. The number of aliphatic hydroxyl groups excluding tert-OH is 1. The number of amides is 1. The summed E-state index contributed by atoms with van der Waals surface area (Å²) in [5, 5.41) is 13.8. The van der Waals surface area contributed by atoms with Gasteiger partial charge >= 0.3 is 0 Å². The number of hydrogen-bond donors (Lipinski definition) is 3. The molecule has 1 aliphatic rings. The van der Waals surface area contributed by atoms with Gasteiger partial charge in [-0.2, -0.15) is 0 Å². The van der Waals surface area contributed by atoms with Gasteiger partial charge in [-0.3, -0.25) is 4.79 Å². The van der Waals surface area contributed by atoms with Crippen molar-refractivity contribution in [3.05, 3.63) is 48.2 Å². The summed E-state index contributed by atoms with van der Waals surface area (Å²) in [5.41, 5.74) is 7.25. The number of aliphatic hydroxyl groups is 1. The van der Waals surface area contributed by atoms with Gasteiger partial charge in [0.1, 0.15) is 0 Å². The Morgan fingerprint density at radius 2 is 2.14 bits per heavy atom. The van der Waals surface area contributed by atoms with Crippen LogP contribution in [0.15, 0.2) is 42.6 Å². The Morgan fingerprint density at radius 3 is 2.91 bits per heavy atom. The first-order chi connectivity index (χ1) is 10.7. The number of rotatable bonds is 4. The van der Waals surface area contributed by atoms with E-state index in [2.05, 4.69) is 5.32 Å². The second-order valence-electron chi connectivity index (χ2n) is 5.63. The van der Waals surface area contributed by atoms with E-state index >= 15 is 0 Å². The van der Waals surface area contributed by atoms with E-state index in [1.54, 1.807) is 0 Å². The average molecular weight is 299 g/mol. The fourth-order valence-electron chi connectivity index (χ4n) is 2.96. The van der Waals surface area contributed by atoms with Crippen molar-refractivity contribution in [2.75, 3.05) is 6.54 Å². The van der Waals surface area contributed by atoms with Crippen LogP contribution in [-0.2, 0) is 6.54 Å². The van der Waals surface area contributed by atoms with Crippen LogP contribution in [0.5, 0.6) is 0 Å². The number of hydrogen-bond acceptors (Lipinski definition) is 3. The lowest BCUT2D eigenvalue weighted by Gasteiger charge is -2.25. The minimum absolute atomic E-state index is 0.143. The summed E-state index contributed by atoms with van der Waals surface area (Å²) in [6.07, 6.45) is 6.62. The van der Waals surface area contributed by atoms with E-state index in [1.807, 2.05) is 47.2 Å². The molecule has 22 heavy (non-hydrogen) atoms. The van der Waals surface area contributed by atoms with Gasteiger partial charge in [0.2, 0.25) is 0 Å². The summed E-state index contributed by atoms with van der Waals surface area (Å²) in [5.74, 6) is -0.143. The molecule has 5 nitrogen and oxygen atoms in total. The Balaban J connectivity index is 1.86. The highest BCUT2D eigenvalue weighted by Gasteiger charge is 2.23. The van der Waals surface area contributed by atoms with Crippen molar-refractivity contribution >= 4 is 16.8 Å². The summed E-state index contributed by atoms with van der Waals surface area (Å²) < 4.78 is 2.05. The van der Waals surface area contributed by atoms with E-state index in [9.17, 15) is 9.90 Å². The van der Waals surface area contributed by atoms with E-state index in [0.29, 0.717) is 24.9 Å². The predicted molar refractivity (Wildman–Crippen MR) is 86.6 cm³/mol. The first kappa shape index (κ1) is 14.8. The van der Waals surface area contributed by atoms with Gasteiger partial charge in [0, 0.05) is 35.8 Å². The Hall–Kier alpha value is -2.11. The van der Waals surface area contributed by atoms with Crippen molar-refractivity contribution < 1.29 is 9.90 Å². The van der Waals surface area contributed by atoms with Gasteiger partial charge in [-0.25, -0.2) is 0 Å². The van der Waals surface area contributed by atoms with Crippen molar-refractivity contribution in [3.63, 3.8) is 0 Å². The Morgan fingerprint density at radius 1 is 1.32 bits per heavy atom. The number of aromatic nitrogens is 1. The van der Waals surface area contributed by atoms with Gasteiger partial charge in [-0.05, 0) is 31.0 Å².